The van der Waals surface area contributed by atoms with E-state index in [1.807, 2.05) is 0 Å². The molecule has 51 heavy (non-hydrogen) atoms. The van der Waals surface area contributed by atoms with Crippen LogP contribution in [0.5, 0.6) is 0 Å². The van der Waals surface area contributed by atoms with Crippen molar-refractivity contribution in [2.75, 3.05) is 0 Å². The van der Waals surface area contributed by atoms with Crippen LogP contribution in [0.15, 0.2) is 182 Å². The minimum atomic E-state index is 0.878. The highest BCUT2D eigenvalue weighted by Crippen LogP contribution is 2.42. The lowest BCUT2D eigenvalue weighted by atomic mass is 10.1. The van der Waals surface area contributed by atoms with Crippen molar-refractivity contribution in [3.63, 3.8) is 0 Å². The van der Waals surface area contributed by atoms with Crippen LogP contribution in [0.3, 0.4) is 0 Å². The predicted molar refractivity (Wildman–Crippen MR) is 213 cm³/mol. The Labute approximate surface area is 293 Å². The molecule has 0 aliphatic heterocycles. The SMILES string of the molecule is c1ccc(-c2cccc(-n3c4ccccc4c4ccc5c6ccccc6n(-c6cccc(-n7c8ccccc8c8ccccc87)n6)c5c43)c2)cc1. The van der Waals surface area contributed by atoms with Crippen molar-refractivity contribution in [3.8, 4) is 28.5 Å². The summed E-state index contributed by atoms with van der Waals surface area (Å²) in [5.74, 6) is 1.77. The maximum Gasteiger partial charge on any atom is 0.140 e. The van der Waals surface area contributed by atoms with E-state index in [-0.39, 0.29) is 0 Å². The number of rotatable bonds is 4. The van der Waals surface area contributed by atoms with Crippen molar-refractivity contribution in [2.24, 2.45) is 0 Å². The zero-order valence-corrected chi connectivity index (χ0v) is 27.6. The van der Waals surface area contributed by atoms with E-state index in [4.69, 9.17) is 4.98 Å². The Bertz CT molecular complexity index is 3090. The molecule has 0 atom stereocenters. The zero-order chi connectivity index (χ0) is 33.5. The molecule has 0 spiro atoms. The molecule has 11 rings (SSSR count). The molecule has 4 heterocycles. The number of pyridine rings is 1. The van der Waals surface area contributed by atoms with Crippen LogP contribution in [0.1, 0.15) is 0 Å². The summed E-state index contributed by atoms with van der Waals surface area (Å²) in [7, 11) is 0. The van der Waals surface area contributed by atoms with Gasteiger partial charge in [-0.3, -0.25) is 9.13 Å². The van der Waals surface area contributed by atoms with Gasteiger partial charge < -0.3 is 4.57 Å². The average molecular weight is 651 g/mol. The molecule has 0 amide bonds. The zero-order valence-electron chi connectivity index (χ0n) is 27.6. The highest BCUT2D eigenvalue weighted by molar-refractivity contribution is 6.23. The minimum Gasteiger partial charge on any atom is -0.307 e. The van der Waals surface area contributed by atoms with Crippen LogP contribution in [0.4, 0.5) is 0 Å². The third-order valence-electron chi connectivity index (χ3n) is 10.4. The lowest BCUT2D eigenvalue weighted by Gasteiger charge is -2.14. The van der Waals surface area contributed by atoms with Gasteiger partial charge in [-0.15, -0.1) is 0 Å². The summed E-state index contributed by atoms with van der Waals surface area (Å²) in [6.07, 6.45) is 0. The van der Waals surface area contributed by atoms with Gasteiger partial charge in [0.05, 0.1) is 33.1 Å². The molecule has 0 saturated heterocycles. The third-order valence-corrected chi connectivity index (χ3v) is 10.4. The summed E-state index contributed by atoms with van der Waals surface area (Å²) >= 11 is 0. The third kappa shape index (κ3) is 4.05. The second-order valence-corrected chi connectivity index (χ2v) is 13.2. The van der Waals surface area contributed by atoms with E-state index in [0.717, 1.165) is 39.4 Å². The molecular formula is C47H30N4. The molecule has 0 aliphatic carbocycles. The second-order valence-electron chi connectivity index (χ2n) is 13.2. The lowest BCUT2D eigenvalue weighted by Crippen LogP contribution is -2.04. The van der Waals surface area contributed by atoms with E-state index in [0.29, 0.717) is 0 Å². The van der Waals surface area contributed by atoms with Gasteiger partial charge in [-0.05, 0) is 59.7 Å². The molecule has 11 aromatic rings. The molecule has 4 nitrogen and oxygen atoms in total. The summed E-state index contributed by atoms with van der Waals surface area (Å²) in [6, 6.07) is 65.3. The molecule has 0 aliphatic rings. The standard InChI is InChI=1S/C47H30N4/c1-2-14-31(15-3-1)32-16-12-17-33(30-32)49-40-22-8-6-20-36(40)38-28-29-39-37-21-7-11-25-43(37)51(47(39)46(38)49)45-27-13-26-44(48-45)50-41-23-9-4-18-34(41)35-19-5-10-24-42(35)50/h1-30H. The average Bonchev–Trinajstić information content (AvgIpc) is 3.84. The highest BCUT2D eigenvalue weighted by atomic mass is 15.1. The van der Waals surface area contributed by atoms with E-state index >= 15 is 0 Å². The molecule has 0 bridgehead atoms. The largest absolute Gasteiger partial charge is 0.307 e. The molecule has 4 aromatic heterocycles. The first kappa shape index (κ1) is 28.0. The van der Waals surface area contributed by atoms with Crippen LogP contribution in [-0.4, -0.2) is 18.7 Å². The topological polar surface area (TPSA) is 27.7 Å². The van der Waals surface area contributed by atoms with Crippen molar-refractivity contribution in [1.29, 1.82) is 0 Å². The smallest absolute Gasteiger partial charge is 0.140 e. The monoisotopic (exact) mass is 650 g/mol. The maximum absolute atomic E-state index is 5.49. The van der Waals surface area contributed by atoms with Crippen LogP contribution in [0.2, 0.25) is 0 Å². The predicted octanol–water partition coefficient (Wildman–Crippen LogP) is 12.0. The van der Waals surface area contributed by atoms with Crippen LogP contribution < -0.4 is 0 Å². The maximum atomic E-state index is 5.49. The number of benzene rings is 7. The molecule has 0 unspecified atom stereocenters. The van der Waals surface area contributed by atoms with Gasteiger partial charge in [0.25, 0.3) is 0 Å². The summed E-state index contributed by atoms with van der Waals surface area (Å²) < 4.78 is 7.12. The molecule has 0 saturated carbocycles. The van der Waals surface area contributed by atoms with Crippen molar-refractivity contribution in [2.45, 2.75) is 0 Å². The minimum absolute atomic E-state index is 0.878. The fourth-order valence-electron chi connectivity index (χ4n) is 8.29. The fraction of sp³-hybridized carbons (Fsp3) is 0. The van der Waals surface area contributed by atoms with E-state index in [2.05, 4.69) is 196 Å². The first-order chi connectivity index (χ1) is 25.3. The fourth-order valence-corrected chi connectivity index (χ4v) is 8.29. The molecule has 0 radical (unpaired) electrons. The number of hydrogen-bond donors (Lipinski definition) is 0. The van der Waals surface area contributed by atoms with Crippen LogP contribution in [0, 0.1) is 0 Å². The van der Waals surface area contributed by atoms with Crippen molar-refractivity contribution < 1.29 is 0 Å². The Morgan fingerprint density at radius 1 is 0.294 bits per heavy atom. The molecule has 0 N–H and O–H groups in total. The van der Waals surface area contributed by atoms with Gasteiger partial charge in [0.1, 0.15) is 11.6 Å². The molecular weight excluding hydrogens is 621 g/mol. The number of hydrogen-bond acceptors (Lipinski definition) is 1. The van der Waals surface area contributed by atoms with Crippen LogP contribution in [-0.2, 0) is 0 Å². The van der Waals surface area contributed by atoms with Crippen molar-refractivity contribution in [1.82, 2.24) is 18.7 Å². The number of fused-ring (bicyclic) bond motifs is 10. The summed E-state index contributed by atoms with van der Waals surface area (Å²) in [5, 5.41) is 7.29. The van der Waals surface area contributed by atoms with Crippen molar-refractivity contribution in [3.05, 3.63) is 182 Å². The van der Waals surface area contributed by atoms with Gasteiger partial charge in [0.2, 0.25) is 0 Å². The summed E-state index contributed by atoms with van der Waals surface area (Å²) in [4.78, 5) is 5.49. The van der Waals surface area contributed by atoms with E-state index in [9.17, 15) is 0 Å². The van der Waals surface area contributed by atoms with Gasteiger partial charge in [-0.2, -0.15) is 0 Å². The summed E-state index contributed by atoms with van der Waals surface area (Å²) in [5.41, 5.74) is 10.4. The Hall–Kier alpha value is -6.91. The van der Waals surface area contributed by atoms with Gasteiger partial charge in [-0.1, -0.05) is 133 Å². The van der Waals surface area contributed by atoms with Gasteiger partial charge in [0, 0.05) is 38.0 Å². The molecule has 7 aromatic carbocycles. The first-order valence-corrected chi connectivity index (χ1v) is 17.4. The number of para-hydroxylation sites is 4. The Kier molecular flexibility index (Phi) is 5.92. The first-order valence-electron chi connectivity index (χ1n) is 17.4. The summed E-state index contributed by atoms with van der Waals surface area (Å²) in [6.45, 7) is 0. The van der Waals surface area contributed by atoms with E-state index in [1.165, 1.54) is 54.5 Å². The second kappa shape index (κ2) is 10.8. The van der Waals surface area contributed by atoms with Crippen LogP contribution in [0.25, 0.3) is 93.9 Å². The Morgan fingerprint density at radius 3 is 1.33 bits per heavy atom. The lowest BCUT2D eigenvalue weighted by molar-refractivity contribution is 1.01. The Balaban J connectivity index is 1.25. The molecule has 4 heteroatoms. The quantitative estimate of drug-likeness (QED) is 0.186. The van der Waals surface area contributed by atoms with Crippen LogP contribution >= 0.6 is 0 Å². The van der Waals surface area contributed by atoms with Gasteiger partial charge in [0.15, 0.2) is 0 Å². The molecule has 238 valence electrons. The molecule has 0 fully saturated rings. The number of nitrogens with zero attached hydrogens (tertiary/aromatic N) is 4. The number of aromatic nitrogens is 4. The van der Waals surface area contributed by atoms with Crippen molar-refractivity contribution >= 4 is 65.4 Å². The van der Waals surface area contributed by atoms with Gasteiger partial charge in [-0.25, -0.2) is 4.98 Å². The normalized spacial score (nSPS) is 11.9. The highest BCUT2D eigenvalue weighted by Gasteiger charge is 2.22. The Morgan fingerprint density at radius 2 is 0.725 bits per heavy atom. The van der Waals surface area contributed by atoms with E-state index < -0.39 is 0 Å². The van der Waals surface area contributed by atoms with E-state index in [1.54, 1.807) is 0 Å². The van der Waals surface area contributed by atoms with Gasteiger partial charge >= 0.3 is 0 Å².